The third-order valence-electron chi connectivity index (χ3n) is 3.64. The topological polar surface area (TPSA) is 56.7 Å². The maximum Gasteiger partial charge on any atom is 0.210 e. The molecule has 0 bridgehead atoms. The van der Waals surface area contributed by atoms with Crippen LogP contribution in [0, 0.1) is 13.8 Å². The predicted molar refractivity (Wildman–Crippen MR) is 91.1 cm³/mol. The number of aromatic nitrogens is 3. The van der Waals surface area contributed by atoms with Gasteiger partial charge in [-0.3, -0.25) is 0 Å². The fourth-order valence-corrected chi connectivity index (χ4v) is 3.00. The Kier molecular flexibility index (Phi) is 4.15. The van der Waals surface area contributed by atoms with Gasteiger partial charge in [0.2, 0.25) is 5.16 Å². The van der Waals surface area contributed by atoms with Crippen LogP contribution < -0.4 is 5.84 Å². The van der Waals surface area contributed by atoms with Crippen molar-refractivity contribution < 1.29 is 0 Å². The van der Waals surface area contributed by atoms with Crippen LogP contribution in [0.25, 0.3) is 11.4 Å². The number of rotatable bonds is 4. The van der Waals surface area contributed by atoms with Crippen molar-refractivity contribution in [2.24, 2.45) is 0 Å². The molecule has 0 radical (unpaired) electrons. The zero-order valence-corrected chi connectivity index (χ0v) is 13.5. The van der Waals surface area contributed by atoms with Crippen LogP contribution in [0.15, 0.2) is 53.7 Å². The average Bonchev–Trinajstić information content (AvgIpc) is 2.90. The Balaban J connectivity index is 1.76. The Morgan fingerprint density at radius 1 is 1.00 bits per heavy atom. The number of benzene rings is 2. The van der Waals surface area contributed by atoms with Gasteiger partial charge in [-0.2, -0.15) is 0 Å². The van der Waals surface area contributed by atoms with E-state index in [9.17, 15) is 0 Å². The zero-order chi connectivity index (χ0) is 15.5. The number of aryl methyl sites for hydroxylation is 2. The maximum atomic E-state index is 6.12. The lowest BCUT2D eigenvalue weighted by Gasteiger charge is -2.06. The van der Waals surface area contributed by atoms with Gasteiger partial charge in [0.25, 0.3) is 0 Å². The molecule has 0 unspecified atom stereocenters. The van der Waals surface area contributed by atoms with Crippen molar-refractivity contribution in [2.45, 2.75) is 24.8 Å². The first-order chi connectivity index (χ1) is 10.6. The molecule has 3 aromatic rings. The van der Waals surface area contributed by atoms with Gasteiger partial charge in [-0.1, -0.05) is 60.3 Å². The normalized spacial score (nSPS) is 10.8. The number of nitrogens with two attached hydrogens (primary N) is 1. The van der Waals surface area contributed by atoms with E-state index in [1.54, 1.807) is 16.4 Å². The molecule has 0 amide bonds. The summed E-state index contributed by atoms with van der Waals surface area (Å²) in [5.41, 5.74) is 4.84. The largest absolute Gasteiger partial charge is 0.335 e. The Morgan fingerprint density at radius 3 is 2.50 bits per heavy atom. The van der Waals surface area contributed by atoms with Gasteiger partial charge in [-0.15, -0.1) is 10.2 Å². The molecule has 0 aliphatic heterocycles. The monoisotopic (exact) mass is 310 g/mol. The molecule has 0 spiro atoms. The summed E-state index contributed by atoms with van der Waals surface area (Å²) in [4.78, 5) is 0. The van der Waals surface area contributed by atoms with Crippen LogP contribution >= 0.6 is 11.8 Å². The van der Waals surface area contributed by atoms with Crippen LogP contribution in [-0.4, -0.2) is 14.9 Å². The molecule has 0 atom stereocenters. The molecule has 22 heavy (non-hydrogen) atoms. The van der Waals surface area contributed by atoms with Crippen LogP contribution in [0.2, 0.25) is 0 Å². The maximum absolute atomic E-state index is 6.12. The third kappa shape index (κ3) is 2.99. The second kappa shape index (κ2) is 6.23. The second-order valence-electron chi connectivity index (χ2n) is 5.25. The van der Waals surface area contributed by atoms with Gasteiger partial charge >= 0.3 is 0 Å². The summed E-state index contributed by atoms with van der Waals surface area (Å²) in [5.74, 6) is 7.63. The van der Waals surface area contributed by atoms with E-state index >= 15 is 0 Å². The van der Waals surface area contributed by atoms with Crippen molar-refractivity contribution in [3.05, 3.63) is 65.2 Å². The Morgan fingerprint density at radius 2 is 1.77 bits per heavy atom. The molecule has 0 fully saturated rings. The fraction of sp³-hybridized carbons (Fsp3) is 0.176. The van der Waals surface area contributed by atoms with Gasteiger partial charge in [-0.05, 0) is 30.5 Å². The highest BCUT2D eigenvalue weighted by Crippen LogP contribution is 2.24. The summed E-state index contributed by atoms with van der Waals surface area (Å²) >= 11 is 1.59. The molecule has 0 saturated carbocycles. The lowest BCUT2D eigenvalue weighted by molar-refractivity contribution is 0.849. The molecule has 2 N–H and O–H groups in total. The van der Waals surface area contributed by atoms with Gasteiger partial charge in [0, 0.05) is 11.3 Å². The average molecular weight is 310 g/mol. The standard InChI is InChI=1S/C17H18N4S/c1-12-8-9-14(10-13(12)2)11-22-17-20-19-16(21(17)18)15-6-4-3-5-7-15/h3-10H,11,18H2,1-2H3. The SMILES string of the molecule is Cc1ccc(CSc2nnc(-c3ccccc3)n2N)cc1C. The highest BCUT2D eigenvalue weighted by Gasteiger charge is 2.12. The molecular formula is C17H18N4S. The first-order valence-corrected chi connectivity index (χ1v) is 8.08. The molecule has 0 aliphatic carbocycles. The number of hydrogen-bond donors (Lipinski definition) is 1. The first kappa shape index (κ1) is 14.7. The molecule has 112 valence electrons. The van der Waals surface area contributed by atoms with Crippen molar-refractivity contribution in [2.75, 3.05) is 5.84 Å². The summed E-state index contributed by atoms with van der Waals surface area (Å²) in [7, 11) is 0. The summed E-state index contributed by atoms with van der Waals surface area (Å²) in [5, 5.41) is 9.11. The molecule has 1 aromatic heterocycles. The lowest BCUT2D eigenvalue weighted by Crippen LogP contribution is -2.11. The van der Waals surface area contributed by atoms with Crippen LogP contribution in [0.3, 0.4) is 0 Å². The third-order valence-corrected chi connectivity index (χ3v) is 4.65. The minimum Gasteiger partial charge on any atom is -0.335 e. The molecule has 0 aliphatic rings. The van der Waals surface area contributed by atoms with E-state index in [2.05, 4.69) is 42.2 Å². The molecule has 2 aromatic carbocycles. The minimum absolute atomic E-state index is 0.684. The zero-order valence-electron chi connectivity index (χ0n) is 12.7. The van der Waals surface area contributed by atoms with E-state index in [0.29, 0.717) is 5.82 Å². The highest BCUT2D eigenvalue weighted by atomic mass is 32.2. The number of nitrogens with zero attached hydrogens (tertiary/aromatic N) is 3. The van der Waals surface area contributed by atoms with E-state index in [1.807, 2.05) is 30.3 Å². The van der Waals surface area contributed by atoms with Crippen molar-refractivity contribution in [3.8, 4) is 11.4 Å². The number of nitrogen functional groups attached to an aromatic ring is 1. The summed E-state index contributed by atoms with van der Waals surface area (Å²) in [6.07, 6.45) is 0. The second-order valence-corrected chi connectivity index (χ2v) is 6.19. The van der Waals surface area contributed by atoms with E-state index in [1.165, 1.54) is 16.7 Å². The van der Waals surface area contributed by atoms with Crippen LogP contribution in [0.1, 0.15) is 16.7 Å². The van der Waals surface area contributed by atoms with Gasteiger partial charge in [0.05, 0.1) is 0 Å². The van der Waals surface area contributed by atoms with Crippen molar-refractivity contribution >= 4 is 11.8 Å². The van der Waals surface area contributed by atoms with Crippen molar-refractivity contribution in [3.63, 3.8) is 0 Å². The molecule has 4 nitrogen and oxygen atoms in total. The quantitative estimate of drug-likeness (QED) is 0.591. The minimum atomic E-state index is 0.684. The lowest BCUT2D eigenvalue weighted by atomic mass is 10.1. The Labute approximate surface area is 134 Å². The summed E-state index contributed by atoms with van der Waals surface area (Å²) in [6.45, 7) is 4.25. The van der Waals surface area contributed by atoms with Gasteiger partial charge < -0.3 is 5.84 Å². The van der Waals surface area contributed by atoms with E-state index in [-0.39, 0.29) is 0 Å². The van der Waals surface area contributed by atoms with Crippen LogP contribution in [-0.2, 0) is 5.75 Å². The van der Waals surface area contributed by atoms with Crippen molar-refractivity contribution in [1.82, 2.24) is 14.9 Å². The summed E-state index contributed by atoms with van der Waals surface area (Å²) < 4.78 is 1.56. The highest BCUT2D eigenvalue weighted by molar-refractivity contribution is 7.98. The molecule has 0 saturated heterocycles. The smallest absolute Gasteiger partial charge is 0.210 e. The Hall–Kier alpha value is -2.27. The first-order valence-electron chi connectivity index (χ1n) is 7.10. The number of hydrogen-bond acceptors (Lipinski definition) is 4. The number of thioether (sulfide) groups is 1. The van der Waals surface area contributed by atoms with E-state index in [4.69, 9.17) is 5.84 Å². The summed E-state index contributed by atoms with van der Waals surface area (Å²) in [6, 6.07) is 16.3. The Bertz CT molecular complexity index is 781. The molecule has 1 heterocycles. The van der Waals surface area contributed by atoms with Crippen LogP contribution in [0.4, 0.5) is 0 Å². The van der Waals surface area contributed by atoms with Gasteiger partial charge in [-0.25, -0.2) is 4.68 Å². The van der Waals surface area contributed by atoms with Crippen LogP contribution in [0.5, 0.6) is 0 Å². The molecule has 5 heteroatoms. The molecular weight excluding hydrogens is 292 g/mol. The van der Waals surface area contributed by atoms with Gasteiger partial charge in [0.15, 0.2) is 5.82 Å². The molecule has 3 rings (SSSR count). The predicted octanol–water partition coefficient (Wildman–Crippen LogP) is 3.57. The van der Waals surface area contributed by atoms with Gasteiger partial charge in [0.1, 0.15) is 0 Å². The van der Waals surface area contributed by atoms with E-state index < -0.39 is 0 Å². The fourth-order valence-electron chi connectivity index (χ4n) is 2.20. The van der Waals surface area contributed by atoms with E-state index in [0.717, 1.165) is 16.5 Å². The van der Waals surface area contributed by atoms with Crippen molar-refractivity contribution in [1.29, 1.82) is 0 Å².